The van der Waals surface area contributed by atoms with Gasteiger partial charge in [-0.1, -0.05) is 44.5 Å². The van der Waals surface area contributed by atoms with Gasteiger partial charge >= 0.3 is 0 Å². The number of guanidine groups is 1. The van der Waals surface area contributed by atoms with Crippen LogP contribution in [0.1, 0.15) is 57.7 Å². The largest absolute Gasteiger partial charge is 0.309 e. The zero-order valence-corrected chi connectivity index (χ0v) is 20.3. The number of benzene rings is 1. The fourth-order valence-electron chi connectivity index (χ4n) is 2.92. The molecule has 0 spiro atoms. The van der Waals surface area contributed by atoms with Gasteiger partial charge in [-0.15, -0.1) is 0 Å². The van der Waals surface area contributed by atoms with Crippen molar-refractivity contribution in [3.8, 4) is 11.3 Å². The number of amides is 1. The predicted molar refractivity (Wildman–Crippen MR) is 129 cm³/mol. The molecule has 0 radical (unpaired) electrons. The van der Waals surface area contributed by atoms with Gasteiger partial charge in [-0.05, 0) is 44.5 Å². The number of aromatic nitrogens is 4. The summed E-state index contributed by atoms with van der Waals surface area (Å²) in [5.41, 5.74) is 2.46. The minimum absolute atomic E-state index is 0.163. The summed E-state index contributed by atoms with van der Waals surface area (Å²) in [5.74, 6) is 0.522. The number of aliphatic imine (C=N–C) groups is 1. The monoisotopic (exact) mass is 455 g/mol. The zero-order chi connectivity index (χ0) is 23.7. The van der Waals surface area contributed by atoms with Gasteiger partial charge in [0.15, 0.2) is 5.82 Å². The number of nitrogens with one attached hydrogen (secondary N) is 3. The molecule has 0 aliphatic rings. The Morgan fingerprint density at radius 2 is 1.75 bits per heavy atom. The average Bonchev–Trinajstić information content (AvgIpc) is 3.27. The van der Waals surface area contributed by atoms with E-state index in [9.17, 15) is 4.79 Å². The van der Waals surface area contributed by atoms with Crippen molar-refractivity contribution >= 4 is 29.3 Å². The third-order valence-corrected chi connectivity index (χ3v) is 4.79. The Kier molecular flexibility index (Phi) is 6.46. The minimum atomic E-state index is -0.423. The molecular formula is C23H30ClN7O. The first-order chi connectivity index (χ1) is 14.8. The first kappa shape index (κ1) is 23.5. The highest BCUT2D eigenvalue weighted by Gasteiger charge is 2.23. The van der Waals surface area contributed by atoms with Crippen molar-refractivity contribution in [2.24, 2.45) is 12.0 Å². The van der Waals surface area contributed by atoms with Crippen LogP contribution in [-0.4, -0.2) is 37.4 Å². The number of carbonyl (C=O) groups is 1. The van der Waals surface area contributed by atoms with Crippen LogP contribution in [0.5, 0.6) is 0 Å². The molecule has 0 saturated carbocycles. The van der Waals surface area contributed by atoms with Crippen LogP contribution in [0.3, 0.4) is 0 Å². The van der Waals surface area contributed by atoms with Gasteiger partial charge in [0.25, 0.3) is 5.91 Å². The number of aryl methyl sites for hydroxylation is 1. The maximum Gasteiger partial charge on any atom is 0.276 e. The van der Waals surface area contributed by atoms with Crippen LogP contribution in [0, 0.1) is 0 Å². The first-order valence-electron chi connectivity index (χ1n) is 10.4. The van der Waals surface area contributed by atoms with E-state index in [0.717, 1.165) is 17.0 Å². The van der Waals surface area contributed by atoms with E-state index < -0.39 is 5.54 Å². The second-order valence-corrected chi connectivity index (χ2v) is 10.1. The van der Waals surface area contributed by atoms with Crippen LogP contribution in [0.25, 0.3) is 11.3 Å². The second kappa shape index (κ2) is 8.78. The second-order valence-electron chi connectivity index (χ2n) is 9.67. The Morgan fingerprint density at radius 1 is 1.09 bits per heavy atom. The van der Waals surface area contributed by atoms with Crippen molar-refractivity contribution < 1.29 is 4.79 Å². The molecule has 0 aliphatic carbocycles. The lowest BCUT2D eigenvalue weighted by atomic mass is 9.92. The molecule has 9 heteroatoms. The van der Waals surface area contributed by atoms with Gasteiger partial charge in [-0.25, -0.2) is 4.99 Å². The van der Waals surface area contributed by atoms with Gasteiger partial charge in [-0.3, -0.25) is 19.9 Å². The number of carbonyl (C=O) groups excluding carboxylic acids is 1. The van der Waals surface area contributed by atoms with Crippen LogP contribution < -0.4 is 10.6 Å². The normalized spacial score (nSPS) is 12.7. The Balaban J connectivity index is 1.83. The van der Waals surface area contributed by atoms with Gasteiger partial charge in [0.05, 0.1) is 16.9 Å². The molecule has 170 valence electrons. The van der Waals surface area contributed by atoms with Crippen LogP contribution >= 0.6 is 11.6 Å². The summed E-state index contributed by atoms with van der Waals surface area (Å²) in [5, 5.41) is 18.4. The lowest BCUT2D eigenvalue weighted by molar-refractivity contribution is 0.0967. The number of anilines is 1. The highest BCUT2D eigenvalue weighted by molar-refractivity contribution is 6.30. The molecule has 1 amide bonds. The van der Waals surface area contributed by atoms with Crippen molar-refractivity contribution in [1.82, 2.24) is 25.3 Å². The van der Waals surface area contributed by atoms with Crippen molar-refractivity contribution in [1.29, 1.82) is 0 Å². The fourth-order valence-corrected chi connectivity index (χ4v) is 3.05. The third-order valence-electron chi connectivity index (χ3n) is 4.54. The topological polar surface area (TPSA) is 100.0 Å². The van der Waals surface area contributed by atoms with Crippen LogP contribution in [0.2, 0.25) is 5.02 Å². The minimum Gasteiger partial charge on any atom is -0.309 e. The third kappa shape index (κ3) is 5.97. The molecule has 0 bridgehead atoms. The maximum absolute atomic E-state index is 13.0. The number of hydrogen-bond donors (Lipinski definition) is 3. The number of H-pyrrole nitrogens is 1. The smallest absolute Gasteiger partial charge is 0.276 e. The lowest BCUT2D eigenvalue weighted by Gasteiger charge is -2.17. The lowest BCUT2D eigenvalue weighted by Crippen LogP contribution is -2.38. The van der Waals surface area contributed by atoms with E-state index in [-0.39, 0.29) is 11.3 Å². The summed E-state index contributed by atoms with van der Waals surface area (Å²) in [6.45, 7) is 12.0. The Labute approximate surface area is 193 Å². The molecule has 2 aromatic heterocycles. The molecule has 3 N–H and O–H groups in total. The van der Waals surface area contributed by atoms with E-state index in [1.165, 1.54) is 0 Å². The highest BCUT2D eigenvalue weighted by atomic mass is 35.5. The molecule has 0 atom stereocenters. The fraction of sp³-hybridized carbons (Fsp3) is 0.391. The van der Waals surface area contributed by atoms with Gasteiger partial charge in [0, 0.05) is 23.6 Å². The number of aromatic amines is 1. The average molecular weight is 456 g/mol. The Hall–Kier alpha value is -3.13. The molecule has 0 unspecified atom stereocenters. The molecule has 0 aliphatic heterocycles. The molecule has 1 aromatic carbocycles. The molecule has 0 fully saturated rings. The molecule has 3 aromatic rings. The number of rotatable bonds is 3. The molecular weight excluding hydrogens is 426 g/mol. The van der Waals surface area contributed by atoms with Crippen molar-refractivity contribution in [3.05, 3.63) is 52.8 Å². The van der Waals surface area contributed by atoms with Crippen LogP contribution in [-0.2, 0) is 12.5 Å². The number of nitrogens with zero attached hydrogens (tertiary/aromatic N) is 4. The predicted octanol–water partition coefficient (Wildman–Crippen LogP) is 4.76. The van der Waals surface area contributed by atoms with Crippen LogP contribution in [0.15, 0.2) is 41.4 Å². The maximum atomic E-state index is 13.0. The first-order valence-corrected chi connectivity index (χ1v) is 10.7. The number of hydrogen-bond acceptors (Lipinski definition) is 4. The quantitative estimate of drug-likeness (QED) is 0.391. The summed E-state index contributed by atoms with van der Waals surface area (Å²) in [7, 11) is 1.75. The zero-order valence-electron chi connectivity index (χ0n) is 19.5. The summed E-state index contributed by atoms with van der Waals surface area (Å²) in [4.78, 5) is 17.6. The van der Waals surface area contributed by atoms with Gasteiger partial charge in [0.1, 0.15) is 5.69 Å². The summed E-state index contributed by atoms with van der Waals surface area (Å²) < 4.78 is 1.58. The summed E-state index contributed by atoms with van der Waals surface area (Å²) in [6.07, 6.45) is 0. The molecule has 2 heterocycles. The Morgan fingerprint density at radius 3 is 2.31 bits per heavy atom. The Bertz CT molecular complexity index is 1130. The summed E-state index contributed by atoms with van der Waals surface area (Å²) in [6, 6.07) is 11.1. The van der Waals surface area contributed by atoms with Crippen LogP contribution in [0.4, 0.5) is 5.82 Å². The van der Waals surface area contributed by atoms with E-state index >= 15 is 0 Å². The van der Waals surface area contributed by atoms with E-state index in [1.807, 2.05) is 51.1 Å². The van der Waals surface area contributed by atoms with Crippen molar-refractivity contribution in [2.75, 3.05) is 5.32 Å². The van der Waals surface area contributed by atoms with Gasteiger partial charge < -0.3 is 5.32 Å². The molecule has 0 saturated heterocycles. The van der Waals surface area contributed by atoms with E-state index in [1.54, 1.807) is 17.8 Å². The standard InChI is InChI=1S/C23H30ClN7O/c1-22(2,3)18-13-17(31(7)30-18)20(32)26-21(27-23(4,5)6)25-19-12-16(28-29-19)14-8-10-15(24)11-9-14/h8-13H,1-7H3,(H3,25,26,27,28,29,32). The highest BCUT2D eigenvalue weighted by Crippen LogP contribution is 2.23. The SMILES string of the molecule is Cn1nc(C(C)(C)C)cc1C(=O)NC(=NC(C)(C)C)Nc1cc(-c2ccc(Cl)cc2)[nH]n1. The van der Waals surface area contributed by atoms with E-state index in [4.69, 9.17) is 11.6 Å². The van der Waals surface area contributed by atoms with Gasteiger partial charge in [0.2, 0.25) is 5.96 Å². The van der Waals surface area contributed by atoms with E-state index in [0.29, 0.717) is 22.5 Å². The van der Waals surface area contributed by atoms with Crippen molar-refractivity contribution in [3.63, 3.8) is 0 Å². The molecule has 32 heavy (non-hydrogen) atoms. The van der Waals surface area contributed by atoms with Crippen molar-refractivity contribution in [2.45, 2.75) is 52.5 Å². The summed E-state index contributed by atoms with van der Waals surface area (Å²) >= 11 is 5.97. The van der Waals surface area contributed by atoms with Gasteiger partial charge in [-0.2, -0.15) is 10.2 Å². The molecule has 3 rings (SSSR count). The van der Waals surface area contributed by atoms with E-state index in [2.05, 4.69) is 51.7 Å². The number of halogens is 1. The molecule has 8 nitrogen and oxygen atoms in total.